The highest BCUT2D eigenvalue weighted by molar-refractivity contribution is 9.10. The van der Waals surface area contributed by atoms with E-state index in [9.17, 15) is 0 Å². The summed E-state index contributed by atoms with van der Waals surface area (Å²) in [5.74, 6) is 0. The van der Waals surface area contributed by atoms with Crippen molar-refractivity contribution in [2.45, 2.75) is 6.54 Å². The Labute approximate surface area is 78.3 Å². The quantitative estimate of drug-likeness (QED) is 0.801. The monoisotopic (exact) mass is 225 g/mol. The molecule has 3 nitrogen and oxygen atoms in total. The van der Waals surface area contributed by atoms with Crippen molar-refractivity contribution in [3.05, 3.63) is 34.8 Å². The van der Waals surface area contributed by atoms with Gasteiger partial charge < -0.3 is 10.1 Å². The van der Waals surface area contributed by atoms with E-state index in [4.69, 9.17) is 5.73 Å². The minimum Gasteiger partial charge on any atom is -0.325 e. The van der Waals surface area contributed by atoms with Crippen LogP contribution in [0.2, 0.25) is 0 Å². The number of halogens is 1. The van der Waals surface area contributed by atoms with E-state index in [1.54, 1.807) is 6.33 Å². The molecular formula is C8H8BrN3. The molecule has 0 amide bonds. The lowest BCUT2D eigenvalue weighted by atomic mass is 10.3. The van der Waals surface area contributed by atoms with Gasteiger partial charge in [-0.15, -0.1) is 0 Å². The molecule has 62 valence electrons. The zero-order chi connectivity index (χ0) is 8.55. The first-order valence-electron chi connectivity index (χ1n) is 3.62. The van der Waals surface area contributed by atoms with E-state index in [-0.39, 0.29) is 0 Å². The van der Waals surface area contributed by atoms with Crippen molar-refractivity contribution >= 4 is 21.4 Å². The van der Waals surface area contributed by atoms with Crippen LogP contribution in [0.25, 0.3) is 5.52 Å². The van der Waals surface area contributed by atoms with E-state index in [1.807, 2.05) is 22.7 Å². The number of nitrogens with zero attached hydrogens (tertiary/aromatic N) is 2. The van der Waals surface area contributed by atoms with Gasteiger partial charge in [0, 0.05) is 22.7 Å². The van der Waals surface area contributed by atoms with E-state index in [0.717, 1.165) is 15.7 Å². The van der Waals surface area contributed by atoms with Crippen molar-refractivity contribution in [3.8, 4) is 0 Å². The molecule has 0 radical (unpaired) electrons. The Morgan fingerprint density at radius 2 is 2.33 bits per heavy atom. The molecule has 2 aromatic heterocycles. The standard InChI is InChI=1S/C8H8BrN3/c9-6-1-8-2-7(3-10)11-5-12(8)4-6/h1-2,4-5H,3,10H2. The lowest BCUT2D eigenvalue weighted by molar-refractivity contribution is 0.953. The molecular weight excluding hydrogens is 218 g/mol. The molecule has 0 spiro atoms. The molecule has 2 rings (SSSR count). The van der Waals surface area contributed by atoms with Crippen molar-refractivity contribution in [2.24, 2.45) is 5.73 Å². The molecule has 0 aliphatic heterocycles. The molecule has 2 aromatic rings. The Bertz CT molecular complexity index is 408. The van der Waals surface area contributed by atoms with Crippen LogP contribution < -0.4 is 5.73 Å². The Morgan fingerprint density at radius 3 is 3.08 bits per heavy atom. The summed E-state index contributed by atoms with van der Waals surface area (Å²) in [6.45, 7) is 0.485. The number of aromatic nitrogens is 2. The SMILES string of the molecule is NCc1cc2cc(Br)cn2cn1. The summed E-state index contributed by atoms with van der Waals surface area (Å²) < 4.78 is 3.00. The van der Waals surface area contributed by atoms with Crippen LogP contribution in [-0.2, 0) is 6.54 Å². The Hall–Kier alpha value is -0.870. The van der Waals surface area contributed by atoms with E-state index >= 15 is 0 Å². The number of rotatable bonds is 1. The number of hydrogen-bond acceptors (Lipinski definition) is 2. The molecule has 0 saturated heterocycles. The van der Waals surface area contributed by atoms with Gasteiger partial charge in [-0.3, -0.25) is 0 Å². The molecule has 0 saturated carbocycles. The predicted molar refractivity (Wildman–Crippen MR) is 50.8 cm³/mol. The van der Waals surface area contributed by atoms with Crippen LogP contribution in [0, 0.1) is 0 Å². The summed E-state index contributed by atoms with van der Waals surface area (Å²) in [5.41, 5.74) is 7.48. The highest BCUT2D eigenvalue weighted by Gasteiger charge is 1.97. The molecule has 0 fully saturated rings. The molecule has 0 bridgehead atoms. The molecule has 0 aliphatic carbocycles. The third-order valence-electron chi connectivity index (χ3n) is 1.72. The molecule has 0 aliphatic rings. The largest absolute Gasteiger partial charge is 0.325 e. The lowest BCUT2D eigenvalue weighted by Crippen LogP contribution is -2.00. The minimum absolute atomic E-state index is 0.485. The van der Waals surface area contributed by atoms with Crippen LogP contribution in [0.4, 0.5) is 0 Å². The van der Waals surface area contributed by atoms with Gasteiger partial charge in [0.25, 0.3) is 0 Å². The van der Waals surface area contributed by atoms with Gasteiger partial charge in [-0.2, -0.15) is 0 Å². The summed E-state index contributed by atoms with van der Waals surface area (Å²) in [6.07, 6.45) is 3.73. The summed E-state index contributed by atoms with van der Waals surface area (Å²) in [6, 6.07) is 4.01. The van der Waals surface area contributed by atoms with Crippen molar-refractivity contribution in [1.82, 2.24) is 9.38 Å². The second kappa shape index (κ2) is 2.88. The van der Waals surface area contributed by atoms with Crippen LogP contribution in [0.5, 0.6) is 0 Å². The number of hydrogen-bond donors (Lipinski definition) is 1. The van der Waals surface area contributed by atoms with E-state index in [2.05, 4.69) is 20.9 Å². The molecule has 0 aromatic carbocycles. The average molecular weight is 226 g/mol. The average Bonchev–Trinajstić information content (AvgIpc) is 2.43. The molecule has 4 heteroatoms. The van der Waals surface area contributed by atoms with Gasteiger partial charge in [0.1, 0.15) is 0 Å². The molecule has 12 heavy (non-hydrogen) atoms. The highest BCUT2D eigenvalue weighted by Crippen LogP contribution is 2.15. The minimum atomic E-state index is 0.485. The first-order chi connectivity index (χ1) is 5.79. The highest BCUT2D eigenvalue weighted by atomic mass is 79.9. The number of fused-ring (bicyclic) bond motifs is 1. The summed E-state index contributed by atoms with van der Waals surface area (Å²) in [5, 5.41) is 0. The number of nitrogens with two attached hydrogens (primary N) is 1. The summed E-state index contributed by atoms with van der Waals surface area (Å²) >= 11 is 3.39. The van der Waals surface area contributed by atoms with Crippen molar-refractivity contribution < 1.29 is 0 Å². The Kier molecular flexibility index (Phi) is 1.86. The van der Waals surface area contributed by atoms with E-state index in [0.29, 0.717) is 6.54 Å². The lowest BCUT2D eigenvalue weighted by Gasteiger charge is -1.96. The van der Waals surface area contributed by atoms with Gasteiger partial charge in [0.2, 0.25) is 0 Å². The van der Waals surface area contributed by atoms with Crippen LogP contribution >= 0.6 is 15.9 Å². The van der Waals surface area contributed by atoms with Gasteiger partial charge in [0.05, 0.1) is 12.0 Å². The van der Waals surface area contributed by atoms with Gasteiger partial charge in [-0.25, -0.2) is 4.98 Å². The maximum atomic E-state index is 5.46. The third kappa shape index (κ3) is 1.23. The van der Waals surface area contributed by atoms with Crippen LogP contribution in [-0.4, -0.2) is 9.38 Å². The first kappa shape index (κ1) is 7.76. The Morgan fingerprint density at radius 1 is 1.50 bits per heavy atom. The van der Waals surface area contributed by atoms with Gasteiger partial charge in [-0.1, -0.05) is 0 Å². The fourth-order valence-electron chi connectivity index (χ4n) is 1.13. The van der Waals surface area contributed by atoms with Crippen LogP contribution in [0.15, 0.2) is 29.1 Å². The van der Waals surface area contributed by atoms with Crippen LogP contribution in [0.3, 0.4) is 0 Å². The second-order valence-corrected chi connectivity index (χ2v) is 3.49. The van der Waals surface area contributed by atoms with Gasteiger partial charge in [0.15, 0.2) is 0 Å². The summed E-state index contributed by atoms with van der Waals surface area (Å²) in [4.78, 5) is 4.16. The van der Waals surface area contributed by atoms with Crippen LogP contribution in [0.1, 0.15) is 5.69 Å². The Balaban J connectivity index is 2.66. The van der Waals surface area contributed by atoms with Gasteiger partial charge in [-0.05, 0) is 28.1 Å². The third-order valence-corrected chi connectivity index (χ3v) is 2.15. The fourth-order valence-corrected chi connectivity index (χ4v) is 1.59. The molecule has 0 unspecified atom stereocenters. The zero-order valence-corrected chi connectivity index (χ0v) is 7.95. The second-order valence-electron chi connectivity index (χ2n) is 2.57. The van der Waals surface area contributed by atoms with E-state index < -0.39 is 0 Å². The summed E-state index contributed by atoms with van der Waals surface area (Å²) in [7, 11) is 0. The molecule has 2 N–H and O–H groups in total. The molecule has 0 atom stereocenters. The van der Waals surface area contributed by atoms with Crippen molar-refractivity contribution in [1.29, 1.82) is 0 Å². The first-order valence-corrected chi connectivity index (χ1v) is 4.41. The van der Waals surface area contributed by atoms with E-state index in [1.165, 1.54) is 0 Å². The van der Waals surface area contributed by atoms with Crippen molar-refractivity contribution in [3.63, 3.8) is 0 Å². The fraction of sp³-hybridized carbons (Fsp3) is 0.125. The topological polar surface area (TPSA) is 43.3 Å². The normalized spacial score (nSPS) is 10.8. The van der Waals surface area contributed by atoms with Gasteiger partial charge >= 0.3 is 0 Å². The molecule has 2 heterocycles. The maximum Gasteiger partial charge on any atom is 0.0994 e. The predicted octanol–water partition coefficient (Wildman–Crippen LogP) is 1.56. The maximum absolute atomic E-state index is 5.46. The smallest absolute Gasteiger partial charge is 0.0994 e. The zero-order valence-electron chi connectivity index (χ0n) is 6.37. The van der Waals surface area contributed by atoms with Crippen molar-refractivity contribution in [2.75, 3.05) is 0 Å².